The Balaban J connectivity index is 0.000000274. The van der Waals surface area contributed by atoms with Crippen molar-refractivity contribution >= 4 is 0 Å². The summed E-state index contributed by atoms with van der Waals surface area (Å²) in [5, 5.41) is 12.6. The van der Waals surface area contributed by atoms with Crippen LogP contribution < -0.4 is 0 Å². The molecule has 0 N–H and O–H groups in total. The van der Waals surface area contributed by atoms with E-state index in [1.807, 2.05) is 53.8 Å². The first-order valence-corrected chi connectivity index (χ1v) is 14.5. The van der Waals surface area contributed by atoms with Gasteiger partial charge in [0.15, 0.2) is 0 Å². The molecule has 0 aromatic carbocycles. The monoisotopic (exact) mass is 565 g/mol. The van der Waals surface area contributed by atoms with Crippen LogP contribution >= 0.6 is 0 Å². The van der Waals surface area contributed by atoms with E-state index in [0.29, 0.717) is 0 Å². The third kappa shape index (κ3) is 11.7. The van der Waals surface area contributed by atoms with E-state index in [0.717, 1.165) is 5.69 Å². The lowest BCUT2D eigenvalue weighted by molar-refractivity contribution is 0.520. The Bertz CT molecular complexity index is 1250. The molecule has 4 aromatic heterocycles. The van der Waals surface area contributed by atoms with Gasteiger partial charge < -0.3 is 4.57 Å². The summed E-state index contributed by atoms with van der Waals surface area (Å²) in [6, 6.07) is 6.31. The van der Waals surface area contributed by atoms with E-state index >= 15 is 0 Å². The van der Waals surface area contributed by atoms with Crippen LogP contribution in [0.25, 0.3) is 0 Å². The first-order chi connectivity index (χ1) is 18.4. The normalized spacial score (nSPS) is 12.0. The molecular formula is C34H59N7. The maximum absolute atomic E-state index is 4.30. The molecule has 0 bridgehead atoms. The maximum Gasteiger partial charge on any atom is 0.0677 e. The van der Waals surface area contributed by atoms with E-state index in [9.17, 15) is 0 Å². The average Bonchev–Trinajstić information content (AvgIpc) is 3.56. The van der Waals surface area contributed by atoms with Crippen molar-refractivity contribution < 1.29 is 0 Å². The smallest absolute Gasteiger partial charge is 0.0677 e. The molecular weight excluding hydrogens is 506 g/mol. The van der Waals surface area contributed by atoms with Crippen molar-refractivity contribution in [2.45, 2.75) is 112 Å². The van der Waals surface area contributed by atoms with Crippen molar-refractivity contribution in [3.63, 3.8) is 0 Å². The quantitative estimate of drug-likeness (QED) is 0.219. The van der Waals surface area contributed by atoms with Gasteiger partial charge in [0.2, 0.25) is 0 Å². The number of hydrogen-bond donors (Lipinski definition) is 0. The predicted octanol–water partition coefficient (Wildman–Crippen LogP) is 7.78. The zero-order valence-electron chi connectivity index (χ0n) is 29.2. The Labute approximate surface area is 251 Å². The van der Waals surface area contributed by atoms with Gasteiger partial charge in [-0.25, -0.2) is 0 Å². The van der Waals surface area contributed by atoms with Crippen molar-refractivity contribution in [1.82, 2.24) is 33.9 Å². The van der Waals surface area contributed by atoms with E-state index in [2.05, 4.69) is 148 Å². The molecule has 0 spiro atoms. The van der Waals surface area contributed by atoms with Crippen molar-refractivity contribution in [3.05, 3.63) is 77.4 Å². The van der Waals surface area contributed by atoms with Gasteiger partial charge in [-0.15, -0.1) is 0 Å². The van der Waals surface area contributed by atoms with E-state index in [1.165, 1.54) is 22.5 Å². The molecule has 0 radical (unpaired) electrons. The van der Waals surface area contributed by atoms with E-state index in [-0.39, 0.29) is 21.7 Å². The lowest BCUT2D eigenvalue weighted by Crippen LogP contribution is -2.17. The van der Waals surface area contributed by atoms with Crippen molar-refractivity contribution in [1.29, 1.82) is 0 Å². The van der Waals surface area contributed by atoms with Crippen LogP contribution in [-0.4, -0.2) is 33.9 Å². The predicted molar refractivity (Wildman–Crippen MR) is 175 cm³/mol. The molecule has 4 aromatic rings. The van der Waals surface area contributed by atoms with Gasteiger partial charge in [0.1, 0.15) is 0 Å². The van der Waals surface area contributed by atoms with E-state index < -0.39 is 0 Å². The van der Waals surface area contributed by atoms with Crippen LogP contribution in [0.2, 0.25) is 0 Å². The lowest BCUT2D eigenvalue weighted by Gasteiger charge is -2.19. The molecule has 4 heterocycles. The van der Waals surface area contributed by atoms with Crippen LogP contribution in [-0.2, 0) is 49.9 Å². The number of aryl methyl sites for hydroxylation is 5. The second-order valence-electron chi connectivity index (χ2n) is 15.1. The van der Waals surface area contributed by atoms with Crippen molar-refractivity contribution in [2.24, 2.45) is 28.2 Å². The summed E-state index contributed by atoms with van der Waals surface area (Å²) < 4.78 is 7.79. The molecule has 7 heteroatoms. The molecule has 0 saturated carbocycles. The van der Waals surface area contributed by atoms with Crippen molar-refractivity contribution in [3.8, 4) is 0 Å². The van der Waals surface area contributed by atoms with E-state index in [1.54, 1.807) is 0 Å². The topological polar surface area (TPSA) is 58.4 Å². The highest BCUT2D eigenvalue weighted by atomic mass is 15.3. The van der Waals surface area contributed by atoms with Gasteiger partial charge in [-0.05, 0) is 41.7 Å². The fraction of sp³-hybridized carbons (Fsp3) is 0.618. The average molecular weight is 566 g/mol. The van der Waals surface area contributed by atoms with Gasteiger partial charge in [-0.2, -0.15) is 15.3 Å². The minimum absolute atomic E-state index is 0.182. The number of nitrogens with zero attached hydrogens (tertiary/aromatic N) is 7. The van der Waals surface area contributed by atoms with Gasteiger partial charge in [0.25, 0.3) is 0 Å². The second-order valence-corrected chi connectivity index (χ2v) is 15.1. The van der Waals surface area contributed by atoms with Crippen LogP contribution in [0.3, 0.4) is 0 Å². The van der Waals surface area contributed by atoms with Gasteiger partial charge in [0.05, 0.1) is 18.1 Å². The Morgan fingerprint density at radius 2 is 1.20 bits per heavy atom. The molecule has 4 rings (SSSR count). The zero-order chi connectivity index (χ0) is 32.0. The summed E-state index contributed by atoms with van der Waals surface area (Å²) in [4.78, 5) is 0. The fourth-order valence-electron chi connectivity index (χ4n) is 4.49. The Morgan fingerprint density at radius 1 is 0.610 bits per heavy atom. The molecule has 0 saturated heterocycles. The number of aromatic nitrogens is 7. The SMILES string of the molecule is Cc1cnn(C)c1C(C)(C)C.Cn1cc(C(C)(C)C)cn1.Cn1ccc(C(C)(C)C)n1.Cn1cccc1C(C)(C)C. The molecule has 0 amide bonds. The van der Waals surface area contributed by atoms with Gasteiger partial charge >= 0.3 is 0 Å². The van der Waals surface area contributed by atoms with Gasteiger partial charge in [0, 0.05) is 74.4 Å². The standard InChI is InChI=1S/C9H16N2.C9H15N.2C8H14N2/c1-7-6-10-11(5)8(7)9(2,3)4;1-9(2,3)8-6-5-7-10(8)4;1-8(2,3)7-5-9-10(4)6-7;1-8(2,3)7-5-6-10(4)9-7/h6H,1-5H3;5-7H,1-4H3;2*5-6H,1-4H3. The molecule has 230 valence electrons. The molecule has 0 atom stereocenters. The summed E-state index contributed by atoms with van der Waals surface area (Å²) in [5.74, 6) is 0. The maximum atomic E-state index is 4.30. The van der Waals surface area contributed by atoms with Crippen LogP contribution in [0.4, 0.5) is 0 Å². The fourth-order valence-corrected chi connectivity index (χ4v) is 4.49. The van der Waals surface area contributed by atoms with Crippen molar-refractivity contribution in [2.75, 3.05) is 0 Å². The molecule has 0 aliphatic heterocycles. The van der Waals surface area contributed by atoms with Crippen LogP contribution in [0.15, 0.2) is 49.2 Å². The summed E-state index contributed by atoms with van der Waals surface area (Å²) >= 11 is 0. The highest BCUT2D eigenvalue weighted by Gasteiger charge is 2.20. The Morgan fingerprint density at radius 3 is 1.39 bits per heavy atom. The molecule has 41 heavy (non-hydrogen) atoms. The summed E-state index contributed by atoms with van der Waals surface area (Å²) in [6.45, 7) is 28.4. The molecule has 7 nitrogen and oxygen atoms in total. The Kier molecular flexibility index (Phi) is 12.0. The minimum atomic E-state index is 0.182. The minimum Gasteiger partial charge on any atom is -0.354 e. The summed E-state index contributed by atoms with van der Waals surface area (Å²) in [5.41, 5.74) is 7.30. The van der Waals surface area contributed by atoms with Crippen LogP contribution in [0.1, 0.15) is 111 Å². The second kappa shape index (κ2) is 13.7. The van der Waals surface area contributed by atoms with Crippen LogP contribution in [0.5, 0.6) is 0 Å². The molecule has 0 aliphatic carbocycles. The van der Waals surface area contributed by atoms with Crippen LogP contribution in [0, 0.1) is 6.92 Å². The van der Waals surface area contributed by atoms with Gasteiger partial charge in [-0.1, -0.05) is 83.1 Å². The third-order valence-corrected chi connectivity index (χ3v) is 6.60. The van der Waals surface area contributed by atoms with E-state index in [4.69, 9.17) is 0 Å². The highest BCUT2D eigenvalue weighted by molar-refractivity contribution is 5.22. The molecule has 0 unspecified atom stereocenters. The largest absolute Gasteiger partial charge is 0.354 e. The lowest BCUT2D eigenvalue weighted by atomic mass is 9.90. The Hall–Kier alpha value is -3.09. The first-order valence-electron chi connectivity index (χ1n) is 14.5. The molecule has 0 fully saturated rings. The summed E-state index contributed by atoms with van der Waals surface area (Å²) in [7, 11) is 7.96. The third-order valence-electron chi connectivity index (χ3n) is 6.60. The highest BCUT2D eigenvalue weighted by Crippen LogP contribution is 2.24. The first kappa shape index (κ1) is 35.9. The summed E-state index contributed by atoms with van der Waals surface area (Å²) in [6.07, 6.45) is 9.95. The zero-order valence-corrected chi connectivity index (χ0v) is 29.2. The van der Waals surface area contributed by atoms with Gasteiger partial charge in [-0.3, -0.25) is 14.0 Å². The number of hydrogen-bond acceptors (Lipinski definition) is 3. The number of rotatable bonds is 0. The molecule has 0 aliphatic rings.